The van der Waals surface area contributed by atoms with Crippen LogP contribution in [0.5, 0.6) is 0 Å². The van der Waals surface area contributed by atoms with Gasteiger partial charge in [-0.15, -0.1) is 0 Å². The molecule has 0 aromatic heterocycles. The number of nitrogens with one attached hydrogen (secondary N) is 3. The fourth-order valence-corrected chi connectivity index (χ4v) is 7.89. The molecule has 1 saturated heterocycles. The van der Waals surface area contributed by atoms with Gasteiger partial charge in [-0.1, -0.05) is 114 Å². The molecule has 1 aliphatic rings. The van der Waals surface area contributed by atoms with Gasteiger partial charge < -0.3 is 30.0 Å². The second kappa shape index (κ2) is 20.4. The molecule has 0 saturated carbocycles. The fourth-order valence-electron chi connectivity index (χ4n) is 6.51. The highest BCUT2D eigenvalue weighted by atomic mass is 28.4. The van der Waals surface area contributed by atoms with Crippen LogP contribution in [0.4, 0.5) is 4.79 Å². The van der Waals surface area contributed by atoms with Gasteiger partial charge in [-0.05, 0) is 95.1 Å². The normalized spacial score (nSPS) is 17.4. The Labute approximate surface area is 327 Å². The molecule has 0 radical (unpaired) electrons. The molecule has 0 bridgehead atoms. The summed E-state index contributed by atoms with van der Waals surface area (Å²) >= 11 is 0. The van der Waals surface area contributed by atoms with Gasteiger partial charge in [0.25, 0.3) is 0 Å². The van der Waals surface area contributed by atoms with E-state index in [4.69, 9.17) is 9.16 Å². The Bertz CT molecular complexity index is 1480. The first-order valence-corrected chi connectivity index (χ1v) is 22.9. The van der Waals surface area contributed by atoms with Crippen LogP contribution >= 0.6 is 0 Å². The van der Waals surface area contributed by atoms with E-state index in [1.165, 1.54) is 0 Å². The first-order valence-electron chi connectivity index (χ1n) is 20.0. The number of ether oxygens (including phenoxy) is 1. The van der Waals surface area contributed by atoms with Gasteiger partial charge in [0, 0.05) is 25.0 Å². The minimum Gasteiger partial charge on any atom is -0.444 e. The summed E-state index contributed by atoms with van der Waals surface area (Å²) < 4.78 is 13.0. The Hall–Kier alpha value is -3.47. The summed E-state index contributed by atoms with van der Waals surface area (Å²) in [6, 6.07) is 19.3. The standard InChI is InChI=1S/C44H70N4O5Si/c1-12-32(2)39(41(50)48-28-26-36(45-9)27-29-48)47-40(49)35(25-19-24-33-20-15-13-16-21-33)31-38(53-54(10,11)44(6,7)8)37(30-34-22-17-14-18-23-34)46-42(51)52-43(3,4)5/h13-24,32,35-39,45H,12,25-31H2,1-11H3,(H,46,51)(H,47,49)/t32-,35?,37?,38?,39-/m0/s1. The van der Waals surface area contributed by atoms with Crippen LogP contribution < -0.4 is 16.0 Å². The topological polar surface area (TPSA) is 109 Å². The molecule has 2 aromatic carbocycles. The van der Waals surface area contributed by atoms with Gasteiger partial charge in [0.2, 0.25) is 11.8 Å². The smallest absolute Gasteiger partial charge is 0.407 e. The SMILES string of the molecule is CC[C@H](C)[C@H](NC(=O)C(CC=Cc1ccccc1)CC(O[Si](C)(C)C(C)(C)C)C(Cc1ccccc1)NC(=O)OC(C)(C)C)C(=O)N1CCC(NC)CC1. The number of hydrogen-bond acceptors (Lipinski definition) is 6. The summed E-state index contributed by atoms with van der Waals surface area (Å²) in [6.07, 6.45) is 6.79. The Morgan fingerprint density at radius 1 is 0.926 bits per heavy atom. The fraction of sp³-hybridized carbons (Fsp3) is 0.614. The van der Waals surface area contributed by atoms with Crippen molar-refractivity contribution in [3.05, 3.63) is 77.9 Å². The molecule has 3 rings (SSSR count). The molecule has 54 heavy (non-hydrogen) atoms. The summed E-state index contributed by atoms with van der Waals surface area (Å²) in [5, 5.41) is 9.65. The number of nitrogens with zero attached hydrogens (tertiary/aromatic N) is 1. The molecule has 9 nitrogen and oxygen atoms in total. The van der Waals surface area contributed by atoms with Crippen LogP contribution in [0.1, 0.15) is 98.6 Å². The van der Waals surface area contributed by atoms with Gasteiger partial charge in [0.15, 0.2) is 8.32 Å². The van der Waals surface area contributed by atoms with Crippen molar-refractivity contribution in [1.82, 2.24) is 20.9 Å². The van der Waals surface area contributed by atoms with E-state index < -0.39 is 44.1 Å². The molecule has 1 heterocycles. The summed E-state index contributed by atoms with van der Waals surface area (Å²) in [5.41, 5.74) is 1.38. The van der Waals surface area contributed by atoms with Crippen LogP contribution in [0.25, 0.3) is 6.08 Å². The van der Waals surface area contributed by atoms with Gasteiger partial charge in [-0.3, -0.25) is 9.59 Å². The van der Waals surface area contributed by atoms with E-state index in [1.54, 1.807) is 0 Å². The minimum absolute atomic E-state index is 0.0200. The van der Waals surface area contributed by atoms with E-state index in [9.17, 15) is 14.4 Å². The van der Waals surface area contributed by atoms with Crippen LogP contribution in [-0.4, -0.2) is 81.1 Å². The monoisotopic (exact) mass is 763 g/mol. The van der Waals surface area contributed by atoms with Crippen molar-refractivity contribution < 1.29 is 23.5 Å². The first kappa shape index (κ1) is 44.9. The molecule has 0 spiro atoms. The maximum absolute atomic E-state index is 14.7. The molecule has 1 aliphatic heterocycles. The Balaban J connectivity index is 2.06. The van der Waals surface area contributed by atoms with Gasteiger partial charge in [-0.2, -0.15) is 0 Å². The van der Waals surface area contributed by atoms with Gasteiger partial charge in [-0.25, -0.2) is 4.79 Å². The average molecular weight is 763 g/mol. The molecule has 0 aliphatic carbocycles. The molecule has 3 unspecified atom stereocenters. The number of allylic oxidation sites excluding steroid dienone is 1. The van der Waals surface area contributed by atoms with Crippen molar-refractivity contribution >= 4 is 32.3 Å². The van der Waals surface area contributed by atoms with E-state index in [0.717, 1.165) is 30.4 Å². The number of rotatable bonds is 17. The summed E-state index contributed by atoms with van der Waals surface area (Å²) in [7, 11) is -0.480. The lowest BCUT2D eigenvalue weighted by molar-refractivity contribution is -0.140. The van der Waals surface area contributed by atoms with Crippen LogP contribution in [0.15, 0.2) is 66.7 Å². The van der Waals surface area contributed by atoms with E-state index >= 15 is 0 Å². The lowest BCUT2D eigenvalue weighted by atomic mass is 9.89. The predicted octanol–water partition coefficient (Wildman–Crippen LogP) is 8.36. The molecule has 5 atom stereocenters. The quantitative estimate of drug-likeness (QED) is 0.140. The number of likely N-dealkylation sites (tertiary alicyclic amines) is 1. The number of carbonyl (C=O) groups is 3. The zero-order valence-corrected chi connectivity index (χ0v) is 36.0. The van der Waals surface area contributed by atoms with E-state index in [0.29, 0.717) is 38.4 Å². The van der Waals surface area contributed by atoms with Crippen LogP contribution in [0.3, 0.4) is 0 Å². The van der Waals surface area contributed by atoms with Gasteiger partial charge >= 0.3 is 6.09 Å². The Kier molecular flexibility index (Phi) is 17.0. The number of hydrogen-bond donors (Lipinski definition) is 3. The lowest BCUT2D eigenvalue weighted by Gasteiger charge is -2.42. The first-order chi connectivity index (χ1) is 25.3. The van der Waals surface area contributed by atoms with Gasteiger partial charge in [0.05, 0.1) is 12.1 Å². The van der Waals surface area contributed by atoms with Crippen molar-refractivity contribution in [1.29, 1.82) is 0 Å². The van der Waals surface area contributed by atoms with Crippen LogP contribution in [-0.2, 0) is 25.2 Å². The van der Waals surface area contributed by atoms with E-state index in [2.05, 4.69) is 56.7 Å². The zero-order valence-electron chi connectivity index (χ0n) is 35.0. The second-order valence-electron chi connectivity index (χ2n) is 17.6. The Morgan fingerprint density at radius 3 is 2.06 bits per heavy atom. The summed E-state index contributed by atoms with van der Waals surface area (Å²) in [5.74, 6) is -0.805. The highest BCUT2D eigenvalue weighted by Gasteiger charge is 2.43. The van der Waals surface area contributed by atoms with Crippen molar-refractivity contribution in [3.63, 3.8) is 0 Å². The molecule has 3 N–H and O–H groups in total. The second-order valence-corrected chi connectivity index (χ2v) is 22.4. The molecule has 300 valence electrons. The maximum Gasteiger partial charge on any atom is 0.407 e. The number of piperidine rings is 1. The highest BCUT2D eigenvalue weighted by Crippen LogP contribution is 2.39. The van der Waals surface area contributed by atoms with Crippen LogP contribution in [0.2, 0.25) is 18.1 Å². The lowest BCUT2D eigenvalue weighted by Crippen LogP contribution is -2.56. The molecule has 2 aromatic rings. The maximum atomic E-state index is 14.7. The zero-order chi connectivity index (χ0) is 40.1. The third kappa shape index (κ3) is 14.3. The van der Waals surface area contributed by atoms with Crippen molar-refractivity contribution in [2.75, 3.05) is 20.1 Å². The summed E-state index contributed by atoms with van der Waals surface area (Å²) in [6.45, 7) is 21.9. The van der Waals surface area contributed by atoms with Gasteiger partial charge in [0.1, 0.15) is 11.6 Å². The largest absolute Gasteiger partial charge is 0.444 e. The molecular weight excluding hydrogens is 693 g/mol. The van der Waals surface area contributed by atoms with Crippen LogP contribution in [0, 0.1) is 11.8 Å². The third-order valence-corrected chi connectivity index (χ3v) is 15.6. The number of amides is 3. The highest BCUT2D eigenvalue weighted by molar-refractivity contribution is 6.74. The van der Waals surface area contributed by atoms with E-state index in [-0.39, 0.29) is 22.8 Å². The van der Waals surface area contributed by atoms with Crippen molar-refractivity contribution in [2.24, 2.45) is 11.8 Å². The number of carbonyl (C=O) groups excluding carboxylic acids is 3. The molecular formula is C44H70N4O5Si. The predicted molar refractivity (Wildman–Crippen MR) is 224 cm³/mol. The van der Waals surface area contributed by atoms with Crippen molar-refractivity contribution in [2.45, 2.75) is 142 Å². The van der Waals surface area contributed by atoms with Crippen molar-refractivity contribution in [3.8, 4) is 0 Å². The average Bonchev–Trinajstić information content (AvgIpc) is 3.11. The summed E-state index contributed by atoms with van der Waals surface area (Å²) in [4.78, 5) is 44.2. The third-order valence-electron chi connectivity index (χ3n) is 11.1. The Morgan fingerprint density at radius 2 is 1.52 bits per heavy atom. The van der Waals surface area contributed by atoms with E-state index in [1.807, 2.05) is 112 Å². The minimum atomic E-state index is -2.44. The molecule has 1 fully saturated rings. The number of benzene rings is 2. The number of alkyl carbamates (subject to hydrolysis) is 1. The molecule has 3 amide bonds. The molecule has 10 heteroatoms.